The molecular weight excluding hydrogens is 208 g/mol. The molecule has 0 aliphatic carbocycles. The van der Waals surface area contributed by atoms with Gasteiger partial charge in [-0.1, -0.05) is 18.5 Å². The minimum atomic E-state index is 0.615. The van der Waals surface area contributed by atoms with E-state index in [-0.39, 0.29) is 0 Å². The summed E-state index contributed by atoms with van der Waals surface area (Å²) in [5.74, 6) is 0.864. The minimum Gasteiger partial charge on any atom is -0.370 e. The van der Waals surface area contributed by atoms with Gasteiger partial charge in [0.2, 0.25) is 0 Å². The van der Waals surface area contributed by atoms with Gasteiger partial charge in [0, 0.05) is 13.1 Å². The van der Waals surface area contributed by atoms with Crippen LogP contribution in [0.5, 0.6) is 0 Å². The summed E-state index contributed by atoms with van der Waals surface area (Å²) in [7, 11) is 0. The first-order valence-corrected chi connectivity index (χ1v) is 5.91. The Morgan fingerprint density at radius 2 is 2.07 bits per heavy atom. The fourth-order valence-corrected chi connectivity index (χ4v) is 2.09. The maximum Gasteiger partial charge on any atom is 0.132 e. The summed E-state index contributed by atoms with van der Waals surface area (Å²) in [5.41, 5.74) is 2.27. The average molecular weight is 225 g/mol. The van der Waals surface area contributed by atoms with Crippen molar-refractivity contribution in [3.8, 4) is 0 Å². The molecule has 2 rings (SSSR count). The molecule has 1 aliphatic heterocycles. The van der Waals surface area contributed by atoms with Crippen molar-refractivity contribution >= 4 is 17.3 Å². The van der Waals surface area contributed by atoms with E-state index in [0.29, 0.717) is 5.15 Å². The van der Waals surface area contributed by atoms with E-state index < -0.39 is 0 Å². The Hall–Kier alpha value is -0.760. The van der Waals surface area contributed by atoms with Gasteiger partial charge in [0.1, 0.15) is 5.15 Å². The zero-order valence-electron chi connectivity index (χ0n) is 9.33. The van der Waals surface area contributed by atoms with Crippen LogP contribution in [0, 0.1) is 12.8 Å². The third-order valence-corrected chi connectivity index (χ3v) is 3.54. The molecule has 1 aromatic heterocycles. The zero-order chi connectivity index (χ0) is 10.8. The smallest absolute Gasteiger partial charge is 0.132 e. The fourth-order valence-electron chi connectivity index (χ4n) is 1.98. The summed E-state index contributed by atoms with van der Waals surface area (Å²) in [4.78, 5) is 6.60. The van der Waals surface area contributed by atoms with Crippen LogP contribution in [0.1, 0.15) is 25.3 Å². The van der Waals surface area contributed by atoms with Gasteiger partial charge in [-0.05, 0) is 37.3 Å². The van der Waals surface area contributed by atoms with Crippen molar-refractivity contribution in [1.82, 2.24) is 4.98 Å². The van der Waals surface area contributed by atoms with E-state index in [0.717, 1.165) is 24.6 Å². The van der Waals surface area contributed by atoms with Gasteiger partial charge in [0.05, 0.1) is 11.9 Å². The number of halogens is 1. The maximum absolute atomic E-state index is 5.91. The Balaban J connectivity index is 2.12. The second-order valence-electron chi connectivity index (χ2n) is 4.47. The van der Waals surface area contributed by atoms with Crippen molar-refractivity contribution in [2.45, 2.75) is 26.7 Å². The summed E-state index contributed by atoms with van der Waals surface area (Å²) in [5, 5.41) is 0.615. The molecule has 0 radical (unpaired) electrons. The maximum atomic E-state index is 5.91. The topological polar surface area (TPSA) is 16.1 Å². The Labute approximate surface area is 96.3 Å². The molecule has 0 amide bonds. The van der Waals surface area contributed by atoms with Crippen LogP contribution >= 0.6 is 11.6 Å². The number of nitrogens with zero attached hydrogens (tertiary/aromatic N) is 2. The molecule has 82 valence electrons. The lowest BCUT2D eigenvalue weighted by Gasteiger charge is -2.32. The van der Waals surface area contributed by atoms with Gasteiger partial charge >= 0.3 is 0 Å². The van der Waals surface area contributed by atoms with Crippen molar-refractivity contribution in [1.29, 1.82) is 0 Å². The number of anilines is 1. The van der Waals surface area contributed by atoms with Crippen LogP contribution < -0.4 is 4.90 Å². The van der Waals surface area contributed by atoms with E-state index in [1.807, 2.05) is 13.1 Å². The highest BCUT2D eigenvalue weighted by Crippen LogP contribution is 2.24. The monoisotopic (exact) mass is 224 g/mol. The molecule has 2 nitrogen and oxygen atoms in total. The Morgan fingerprint density at radius 1 is 1.40 bits per heavy atom. The molecule has 0 unspecified atom stereocenters. The molecule has 0 bridgehead atoms. The van der Waals surface area contributed by atoms with Crippen molar-refractivity contribution in [3.63, 3.8) is 0 Å². The highest BCUT2D eigenvalue weighted by molar-refractivity contribution is 6.30. The molecule has 1 aromatic rings. The quantitative estimate of drug-likeness (QED) is 0.681. The first-order chi connectivity index (χ1) is 7.16. The number of aryl methyl sites for hydroxylation is 1. The van der Waals surface area contributed by atoms with Gasteiger partial charge in [-0.25, -0.2) is 4.98 Å². The van der Waals surface area contributed by atoms with Gasteiger partial charge in [0.25, 0.3) is 0 Å². The second-order valence-corrected chi connectivity index (χ2v) is 4.83. The van der Waals surface area contributed by atoms with Gasteiger partial charge in [0.15, 0.2) is 0 Å². The standard InChI is InChI=1S/C12H17ClN2/c1-9-3-5-15(6-4-9)11-7-10(2)12(13)14-8-11/h7-9H,3-6H2,1-2H3. The molecular formula is C12H17ClN2. The number of rotatable bonds is 1. The van der Waals surface area contributed by atoms with Crippen LogP contribution in [0.25, 0.3) is 0 Å². The van der Waals surface area contributed by atoms with E-state index in [1.165, 1.54) is 18.5 Å². The summed E-state index contributed by atoms with van der Waals surface area (Å²) in [6.07, 6.45) is 4.44. The van der Waals surface area contributed by atoms with E-state index in [1.54, 1.807) is 0 Å². The SMILES string of the molecule is Cc1cc(N2CCC(C)CC2)cnc1Cl. The zero-order valence-corrected chi connectivity index (χ0v) is 10.1. The molecule has 1 fully saturated rings. The summed E-state index contributed by atoms with van der Waals surface area (Å²) < 4.78 is 0. The van der Waals surface area contributed by atoms with Crippen LogP contribution in [-0.2, 0) is 0 Å². The second kappa shape index (κ2) is 4.40. The molecule has 3 heteroatoms. The predicted molar refractivity (Wildman–Crippen MR) is 64.6 cm³/mol. The first kappa shape index (κ1) is 10.7. The van der Waals surface area contributed by atoms with E-state index in [4.69, 9.17) is 11.6 Å². The first-order valence-electron chi connectivity index (χ1n) is 5.54. The van der Waals surface area contributed by atoms with E-state index in [2.05, 4.69) is 22.9 Å². The number of piperidine rings is 1. The number of aromatic nitrogens is 1. The molecule has 2 heterocycles. The molecule has 1 saturated heterocycles. The summed E-state index contributed by atoms with van der Waals surface area (Å²) >= 11 is 5.91. The van der Waals surface area contributed by atoms with Crippen molar-refractivity contribution in [2.75, 3.05) is 18.0 Å². The molecule has 0 aromatic carbocycles. The lowest BCUT2D eigenvalue weighted by atomic mass is 9.99. The van der Waals surface area contributed by atoms with E-state index >= 15 is 0 Å². The molecule has 0 atom stereocenters. The van der Waals surface area contributed by atoms with Crippen LogP contribution in [0.2, 0.25) is 5.15 Å². The van der Waals surface area contributed by atoms with Crippen molar-refractivity contribution in [2.24, 2.45) is 5.92 Å². The highest BCUT2D eigenvalue weighted by Gasteiger charge is 2.16. The third-order valence-electron chi connectivity index (χ3n) is 3.15. The van der Waals surface area contributed by atoms with Crippen LogP contribution in [0.15, 0.2) is 12.3 Å². The number of hydrogen-bond donors (Lipinski definition) is 0. The number of hydrogen-bond acceptors (Lipinski definition) is 2. The lowest BCUT2D eigenvalue weighted by molar-refractivity contribution is 0.438. The Bertz CT molecular complexity index is 343. The van der Waals surface area contributed by atoms with Crippen LogP contribution in [0.3, 0.4) is 0 Å². The van der Waals surface area contributed by atoms with Crippen molar-refractivity contribution < 1.29 is 0 Å². The minimum absolute atomic E-state index is 0.615. The lowest BCUT2D eigenvalue weighted by Crippen LogP contribution is -2.32. The van der Waals surface area contributed by atoms with Gasteiger partial charge in [-0.15, -0.1) is 0 Å². The summed E-state index contributed by atoms with van der Waals surface area (Å²) in [6, 6.07) is 2.13. The van der Waals surface area contributed by atoms with E-state index in [9.17, 15) is 0 Å². The largest absolute Gasteiger partial charge is 0.370 e. The molecule has 0 N–H and O–H groups in total. The van der Waals surface area contributed by atoms with Crippen LogP contribution in [-0.4, -0.2) is 18.1 Å². The van der Waals surface area contributed by atoms with Crippen molar-refractivity contribution in [3.05, 3.63) is 23.0 Å². The highest BCUT2D eigenvalue weighted by atomic mass is 35.5. The molecule has 15 heavy (non-hydrogen) atoms. The molecule has 0 saturated carbocycles. The number of pyridine rings is 1. The molecule has 0 spiro atoms. The third kappa shape index (κ3) is 2.43. The van der Waals surface area contributed by atoms with Crippen LogP contribution in [0.4, 0.5) is 5.69 Å². The predicted octanol–water partition coefficient (Wildman–Crippen LogP) is 3.28. The Morgan fingerprint density at radius 3 is 2.67 bits per heavy atom. The fraction of sp³-hybridized carbons (Fsp3) is 0.583. The van der Waals surface area contributed by atoms with Gasteiger partial charge < -0.3 is 4.90 Å². The summed E-state index contributed by atoms with van der Waals surface area (Å²) in [6.45, 7) is 6.61. The molecule has 1 aliphatic rings. The van der Waals surface area contributed by atoms with Gasteiger partial charge in [-0.2, -0.15) is 0 Å². The Kier molecular flexibility index (Phi) is 3.15. The van der Waals surface area contributed by atoms with Gasteiger partial charge in [-0.3, -0.25) is 0 Å². The average Bonchev–Trinajstić information content (AvgIpc) is 2.23. The normalized spacial score (nSPS) is 18.2.